The van der Waals surface area contributed by atoms with Gasteiger partial charge in [-0.15, -0.1) is 0 Å². The number of carbonyl (C=O) groups excluding carboxylic acids is 1. The molecule has 0 spiro atoms. The quantitative estimate of drug-likeness (QED) is 0.840. The number of aryl methyl sites for hydroxylation is 2. The van der Waals surface area contributed by atoms with Gasteiger partial charge in [0.05, 0.1) is 12.8 Å². The van der Waals surface area contributed by atoms with Gasteiger partial charge in [0.1, 0.15) is 5.56 Å². The Hall–Kier alpha value is -2.44. The van der Waals surface area contributed by atoms with Crippen LogP contribution < -0.4 is 0 Å². The van der Waals surface area contributed by atoms with Crippen LogP contribution in [-0.2, 0) is 16.0 Å². The number of carbonyl (C=O) groups is 2. The molecule has 0 aliphatic heterocycles. The van der Waals surface area contributed by atoms with Gasteiger partial charge in [0, 0.05) is 17.8 Å². The molecule has 2 aromatic heterocycles. The number of esters is 1. The molecule has 0 aromatic carbocycles. The van der Waals surface area contributed by atoms with Gasteiger partial charge >= 0.3 is 11.9 Å². The number of hydrogen-bond donors (Lipinski definition) is 1. The van der Waals surface area contributed by atoms with Crippen molar-refractivity contribution in [2.24, 2.45) is 0 Å². The van der Waals surface area contributed by atoms with Crippen LogP contribution in [0, 0.1) is 13.8 Å². The van der Waals surface area contributed by atoms with Crippen LogP contribution in [0.3, 0.4) is 0 Å². The summed E-state index contributed by atoms with van der Waals surface area (Å²) >= 11 is 0. The average molecular weight is 291 g/mol. The Balaban J connectivity index is 2.49. The Labute approximate surface area is 121 Å². The van der Waals surface area contributed by atoms with Crippen LogP contribution in [0.4, 0.5) is 0 Å². The van der Waals surface area contributed by atoms with Crippen molar-refractivity contribution in [1.29, 1.82) is 0 Å². The zero-order valence-electron chi connectivity index (χ0n) is 12.2. The zero-order valence-corrected chi connectivity index (χ0v) is 12.2. The molecule has 2 rings (SSSR count). The Morgan fingerprint density at radius 2 is 2.10 bits per heavy atom. The molecule has 0 bridgehead atoms. The molecular formula is C14H17N3O4. The van der Waals surface area contributed by atoms with Gasteiger partial charge < -0.3 is 9.84 Å². The Morgan fingerprint density at radius 1 is 1.38 bits per heavy atom. The van der Waals surface area contributed by atoms with E-state index in [1.165, 1.54) is 6.20 Å². The minimum absolute atomic E-state index is 0.0286. The maximum absolute atomic E-state index is 11.8. The average Bonchev–Trinajstić information content (AvgIpc) is 2.82. The molecule has 0 saturated heterocycles. The molecule has 112 valence electrons. The Kier molecular flexibility index (Phi) is 4.21. The summed E-state index contributed by atoms with van der Waals surface area (Å²) in [5.74, 6) is -1.32. The number of carboxylic acid groups (broad SMARTS) is 1. The third kappa shape index (κ3) is 2.86. The summed E-state index contributed by atoms with van der Waals surface area (Å²) in [6, 6.07) is 0. The van der Waals surface area contributed by atoms with Crippen molar-refractivity contribution in [1.82, 2.24) is 14.6 Å². The molecule has 0 radical (unpaired) electrons. The van der Waals surface area contributed by atoms with Crippen LogP contribution in [0.25, 0.3) is 5.65 Å². The molecular weight excluding hydrogens is 274 g/mol. The lowest BCUT2D eigenvalue weighted by atomic mass is 10.1. The van der Waals surface area contributed by atoms with Gasteiger partial charge in [-0.05, 0) is 32.8 Å². The lowest BCUT2D eigenvalue weighted by Gasteiger charge is -2.10. The fraction of sp³-hybridized carbons (Fsp3) is 0.429. The predicted octanol–water partition coefficient (Wildman–Crippen LogP) is 1.54. The van der Waals surface area contributed by atoms with E-state index in [9.17, 15) is 9.59 Å². The van der Waals surface area contributed by atoms with Crippen molar-refractivity contribution >= 4 is 17.6 Å². The summed E-state index contributed by atoms with van der Waals surface area (Å²) in [4.78, 5) is 27.0. The molecule has 0 unspecified atom stereocenters. The first-order valence-corrected chi connectivity index (χ1v) is 6.68. The monoisotopic (exact) mass is 291 g/mol. The summed E-state index contributed by atoms with van der Waals surface area (Å²) in [6.45, 7) is 5.65. The number of nitrogens with zero attached hydrogens (tertiary/aromatic N) is 3. The minimum Gasteiger partial charge on any atom is -0.481 e. The van der Waals surface area contributed by atoms with Crippen LogP contribution in [0.5, 0.6) is 0 Å². The van der Waals surface area contributed by atoms with E-state index in [0.717, 1.165) is 11.3 Å². The highest BCUT2D eigenvalue weighted by Crippen LogP contribution is 2.19. The molecule has 21 heavy (non-hydrogen) atoms. The van der Waals surface area contributed by atoms with Crippen molar-refractivity contribution < 1.29 is 19.4 Å². The summed E-state index contributed by atoms with van der Waals surface area (Å²) in [5, 5.41) is 13.0. The molecule has 0 atom stereocenters. The number of hydrogen-bond acceptors (Lipinski definition) is 5. The normalized spacial score (nSPS) is 10.8. The van der Waals surface area contributed by atoms with E-state index < -0.39 is 11.9 Å². The van der Waals surface area contributed by atoms with Crippen molar-refractivity contribution in [2.45, 2.75) is 33.6 Å². The fourth-order valence-corrected chi connectivity index (χ4v) is 2.26. The maximum atomic E-state index is 11.8. The molecule has 0 aliphatic carbocycles. The predicted molar refractivity (Wildman–Crippen MR) is 74.4 cm³/mol. The van der Waals surface area contributed by atoms with Crippen molar-refractivity contribution in [2.75, 3.05) is 6.61 Å². The maximum Gasteiger partial charge on any atom is 0.343 e. The van der Waals surface area contributed by atoms with Crippen LogP contribution in [-0.4, -0.2) is 38.3 Å². The topological polar surface area (TPSA) is 93.8 Å². The van der Waals surface area contributed by atoms with Gasteiger partial charge in [-0.2, -0.15) is 5.10 Å². The van der Waals surface area contributed by atoms with Crippen molar-refractivity contribution in [3.63, 3.8) is 0 Å². The number of ether oxygens (including phenoxy) is 1. The zero-order chi connectivity index (χ0) is 15.6. The van der Waals surface area contributed by atoms with E-state index in [-0.39, 0.29) is 13.0 Å². The van der Waals surface area contributed by atoms with E-state index in [2.05, 4.69) is 10.1 Å². The van der Waals surface area contributed by atoms with Gasteiger partial charge in [-0.3, -0.25) is 4.79 Å². The number of aromatic nitrogens is 3. The van der Waals surface area contributed by atoms with Gasteiger partial charge in [0.25, 0.3) is 0 Å². The molecule has 2 aromatic rings. The highest BCUT2D eigenvalue weighted by molar-refractivity contribution is 5.95. The van der Waals surface area contributed by atoms with Crippen LogP contribution in [0.1, 0.15) is 40.7 Å². The highest BCUT2D eigenvalue weighted by Gasteiger charge is 2.19. The van der Waals surface area contributed by atoms with E-state index in [1.807, 2.05) is 6.92 Å². The van der Waals surface area contributed by atoms with E-state index in [1.54, 1.807) is 18.4 Å². The van der Waals surface area contributed by atoms with Crippen molar-refractivity contribution in [3.8, 4) is 0 Å². The number of carboxylic acids is 1. The summed E-state index contributed by atoms with van der Waals surface area (Å²) in [6.07, 6.45) is 1.83. The Morgan fingerprint density at radius 3 is 2.71 bits per heavy atom. The minimum atomic E-state index is -0.860. The Bertz CT molecular complexity index is 706. The van der Waals surface area contributed by atoms with Crippen LogP contribution in [0.15, 0.2) is 6.20 Å². The molecule has 0 fully saturated rings. The van der Waals surface area contributed by atoms with Gasteiger partial charge in [0.15, 0.2) is 5.65 Å². The molecule has 0 amide bonds. The second kappa shape index (κ2) is 5.90. The summed E-state index contributed by atoms with van der Waals surface area (Å²) < 4.78 is 6.53. The van der Waals surface area contributed by atoms with Gasteiger partial charge in [0.2, 0.25) is 0 Å². The smallest absolute Gasteiger partial charge is 0.343 e. The largest absolute Gasteiger partial charge is 0.481 e. The van der Waals surface area contributed by atoms with Gasteiger partial charge in [-0.25, -0.2) is 14.3 Å². The standard InChI is InChI=1S/C14H17N3O4/c1-4-21-14(20)11-7-15-17-9(3)10(5-6-12(18)19)8(2)16-13(11)17/h7H,4-6H2,1-3H3,(H,18,19). The lowest BCUT2D eigenvalue weighted by molar-refractivity contribution is -0.136. The first kappa shape index (κ1) is 15.0. The number of fused-ring (bicyclic) bond motifs is 1. The summed E-state index contributed by atoms with van der Waals surface area (Å²) in [5.41, 5.74) is 3.07. The van der Waals surface area contributed by atoms with Crippen LogP contribution >= 0.6 is 0 Å². The second-order valence-corrected chi connectivity index (χ2v) is 4.67. The first-order chi connectivity index (χ1) is 9.95. The third-order valence-electron chi connectivity index (χ3n) is 3.29. The SMILES string of the molecule is CCOC(=O)c1cnn2c(C)c(CCC(=O)O)c(C)nc12. The lowest BCUT2D eigenvalue weighted by Crippen LogP contribution is -2.10. The van der Waals surface area contributed by atoms with E-state index in [4.69, 9.17) is 9.84 Å². The van der Waals surface area contributed by atoms with E-state index in [0.29, 0.717) is 23.3 Å². The first-order valence-electron chi connectivity index (χ1n) is 6.68. The van der Waals surface area contributed by atoms with E-state index >= 15 is 0 Å². The van der Waals surface area contributed by atoms with Gasteiger partial charge in [-0.1, -0.05) is 0 Å². The molecule has 7 heteroatoms. The fourth-order valence-electron chi connectivity index (χ4n) is 2.26. The van der Waals surface area contributed by atoms with Crippen LogP contribution in [0.2, 0.25) is 0 Å². The molecule has 0 aliphatic rings. The molecule has 2 heterocycles. The number of aliphatic carboxylic acids is 1. The molecule has 0 saturated carbocycles. The summed E-state index contributed by atoms with van der Waals surface area (Å²) in [7, 11) is 0. The third-order valence-corrected chi connectivity index (χ3v) is 3.29. The molecule has 7 nitrogen and oxygen atoms in total. The highest BCUT2D eigenvalue weighted by atomic mass is 16.5. The van der Waals surface area contributed by atoms with Crippen molar-refractivity contribution in [3.05, 3.63) is 28.7 Å². The molecule has 1 N–H and O–H groups in total. The number of rotatable bonds is 5. The second-order valence-electron chi connectivity index (χ2n) is 4.67.